The van der Waals surface area contributed by atoms with Gasteiger partial charge in [-0.05, 0) is 6.92 Å². The summed E-state index contributed by atoms with van der Waals surface area (Å²) < 4.78 is 12.1. The van der Waals surface area contributed by atoms with Crippen LogP contribution in [0.15, 0.2) is 16.9 Å². The highest BCUT2D eigenvalue weighted by Crippen LogP contribution is 2.33. The number of hydrogen-bond donors (Lipinski definition) is 1. The van der Waals surface area contributed by atoms with Crippen molar-refractivity contribution < 1.29 is 14.1 Å². The SMILES string of the molecule is CCc1nc(-c2cnc3c(cnn3CC)c2NC2CCOC(=O)C2)no1. The van der Waals surface area contributed by atoms with Gasteiger partial charge < -0.3 is 14.6 Å². The Morgan fingerprint density at radius 1 is 1.35 bits per heavy atom. The van der Waals surface area contributed by atoms with Gasteiger partial charge in [-0.25, -0.2) is 9.67 Å². The normalized spacial score (nSPS) is 17.5. The van der Waals surface area contributed by atoms with Crippen molar-refractivity contribution in [1.29, 1.82) is 0 Å². The summed E-state index contributed by atoms with van der Waals surface area (Å²) in [6.07, 6.45) is 5.22. The average molecular weight is 356 g/mol. The van der Waals surface area contributed by atoms with Gasteiger partial charge in [-0.2, -0.15) is 10.1 Å². The number of fused-ring (bicyclic) bond motifs is 1. The Morgan fingerprint density at radius 3 is 2.96 bits per heavy atom. The lowest BCUT2D eigenvalue weighted by Gasteiger charge is -2.24. The maximum Gasteiger partial charge on any atom is 0.307 e. The third-order valence-corrected chi connectivity index (χ3v) is 4.47. The Morgan fingerprint density at radius 2 is 2.23 bits per heavy atom. The van der Waals surface area contributed by atoms with Gasteiger partial charge in [0.2, 0.25) is 11.7 Å². The number of hydrogen-bond acceptors (Lipinski definition) is 8. The maximum atomic E-state index is 11.6. The number of esters is 1. The van der Waals surface area contributed by atoms with E-state index in [-0.39, 0.29) is 12.0 Å². The van der Waals surface area contributed by atoms with Gasteiger partial charge in [0.25, 0.3) is 0 Å². The van der Waals surface area contributed by atoms with Crippen LogP contribution >= 0.6 is 0 Å². The third-order valence-electron chi connectivity index (χ3n) is 4.47. The number of aromatic nitrogens is 5. The van der Waals surface area contributed by atoms with Crippen LogP contribution in [0, 0.1) is 0 Å². The van der Waals surface area contributed by atoms with E-state index in [0.717, 1.165) is 28.7 Å². The van der Waals surface area contributed by atoms with E-state index in [1.54, 1.807) is 12.4 Å². The van der Waals surface area contributed by atoms with E-state index < -0.39 is 0 Å². The second kappa shape index (κ2) is 6.74. The van der Waals surface area contributed by atoms with Gasteiger partial charge in [-0.1, -0.05) is 12.1 Å². The molecule has 1 aliphatic rings. The molecule has 26 heavy (non-hydrogen) atoms. The summed E-state index contributed by atoms with van der Waals surface area (Å²) in [4.78, 5) is 20.6. The van der Waals surface area contributed by atoms with Gasteiger partial charge in [0.05, 0.1) is 35.9 Å². The van der Waals surface area contributed by atoms with Crippen molar-refractivity contribution in [3.05, 3.63) is 18.3 Å². The second-order valence-electron chi connectivity index (χ2n) is 6.16. The van der Waals surface area contributed by atoms with Gasteiger partial charge in [-0.3, -0.25) is 4.79 Å². The number of pyridine rings is 1. The van der Waals surface area contributed by atoms with Crippen molar-refractivity contribution in [3.63, 3.8) is 0 Å². The first-order valence-corrected chi connectivity index (χ1v) is 8.79. The standard InChI is InChI=1S/C17H20N6O3/c1-3-13-21-16(22-26-13)11-8-18-17-12(9-19-23(17)4-2)15(11)20-10-5-6-25-14(24)7-10/h8-10H,3-7H2,1-2H3,(H,18,20). The molecule has 0 amide bonds. The molecule has 1 atom stereocenters. The van der Waals surface area contributed by atoms with Gasteiger partial charge >= 0.3 is 5.97 Å². The van der Waals surface area contributed by atoms with Crippen LogP contribution in [0.5, 0.6) is 0 Å². The zero-order chi connectivity index (χ0) is 18.1. The summed E-state index contributed by atoms with van der Waals surface area (Å²) in [5.41, 5.74) is 2.32. The fourth-order valence-electron chi connectivity index (χ4n) is 3.10. The van der Waals surface area contributed by atoms with Crippen molar-refractivity contribution >= 4 is 22.7 Å². The van der Waals surface area contributed by atoms with E-state index >= 15 is 0 Å². The van der Waals surface area contributed by atoms with Crippen LogP contribution in [0.1, 0.15) is 32.6 Å². The monoisotopic (exact) mass is 356 g/mol. The molecule has 9 nitrogen and oxygen atoms in total. The van der Waals surface area contributed by atoms with Crippen molar-refractivity contribution in [2.24, 2.45) is 0 Å². The molecule has 3 aromatic heterocycles. The topological polar surface area (TPSA) is 108 Å². The molecule has 1 aliphatic heterocycles. The number of cyclic esters (lactones) is 1. The first-order chi connectivity index (χ1) is 12.7. The van der Waals surface area contributed by atoms with Crippen LogP contribution in [-0.2, 0) is 22.5 Å². The van der Waals surface area contributed by atoms with Crippen LogP contribution < -0.4 is 5.32 Å². The predicted octanol–water partition coefficient (Wildman–Crippen LogP) is 2.18. The first-order valence-electron chi connectivity index (χ1n) is 8.79. The highest BCUT2D eigenvalue weighted by molar-refractivity contribution is 5.97. The molecule has 1 N–H and O–H groups in total. The van der Waals surface area contributed by atoms with E-state index in [1.807, 2.05) is 18.5 Å². The number of nitrogens with one attached hydrogen (secondary N) is 1. The molecule has 4 rings (SSSR count). The van der Waals surface area contributed by atoms with Gasteiger partial charge in [-0.15, -0.1) is 0 Å². The molecule has 9 heteroatoms. The van der Waals surface area contributed by atoms with Crippen molar-refractivity contribution in [3.8, 4) is 11.4 Å². The first kappa shape index (κ1) is 16.5. The molecular weight excluding hydrogens is 336 g/mol. The molecule has 1 unspecified atom stereocenters. The molecule has 0 aliphatic carbocycles. The molecule has 3 aromatic rings. The Bertz CT molecular complexity index is 947. The van der Waals surface area contributed by atoms with Gasteiger partial charge in [0.1, 0.15) is 0 Å². The smallest absolute Gasteiger partial charge is 0.307 e. The largest absolute Gasteiger partial charge is 0.466 e. The number of carbonyl (C=O) groups is 1. The van der Waals surface area contributed by atoms with Crippen LogP contribution in [0.4, 0.5) is 5.69 Å². The van der Waals surface area contributed by atoms with E-state index in [4.69, 9.17) is 9.26 Å². The number of ether oxygens (including phenoxy) is 1. The number of nitrogens with zero attached hydrogens (tertiary/aromatic N) is 5. The average Bonchev–Trinajstić information content (AvgIpc) is 3.28. The van der Waals surface area contributed by atoms with E-state index in [9.17, 15) is 4.79 Å². The summed E-state index contributed by atoms with van der Waals surface area (Å²) >= 11 is 0. The summed E-state index contributed by atoms with van der Waals surface area (Å²) in [5.74, 6) is 0.843. The summed E-state index contributed by atoms with van der Waals surface area (Å²) in [6.45, 7) is 5.10. The molecule has 136 valence electrons. The minimum absolute atomic E-state index is 0.0249. The quantitative estimate of drug-likeness (QED) is 0.693. The molecule has 0 radical (unpaired) electrons. The number of rotatable bonds is 5. The molecule has 0 bridgehead atoms. The summed E-state index contributed by atoms with van der Waals surface area (Å²) in [7, 11) is 0. The highest BCUT2D eigenvalue weighted by atomic mass is 16.5. The fraction of sp³-hybridized carbons (Fsp3) is 0.471. The van der Waals surface area contributed by atoms with Crippen LogP contribution in [0.2, 0.25) is 0 Å². The lowest BCUT2D eigenvalue weighted by atomic mass is 10.1. The zero-order valence-electron chi connectivity index (χ0n) is 14.7. The lowest BCUT2D eigenvalue weighted by molar-refractivity contribution is -0.147. The van der Waals surface area contributed by atoms with Crippen LogP contribution in [-0.4, -0.2) is 43.5 Å². The Balaban J connectivity index is 1.80. The molecule has 1 fully saturated rings. The third kappa shape index (κ3) is 2.89. The molecule has 0 saturated carbocycles. The molecule has 4 heterocycles. The van der Waals surface area contributed by atoms with Gasteiger partial charge in [0.15, 0.2) is 5.65 Å². The minimum Gasteiger partial charge on any atom is -0.466 e. The number of anilines is 1. The summed E-state index contributed by atoms with van der Waals surface area (Å²) in [6, 6.07) is -0.0249. The highest BCUT2D eigenvalue weighted by Gasteiger charge is 2.24. The van der Waals surface area contributed by atoms with E-state index in [0.29, 0.717) is 37.7 Å². The molecule has 0 spiro atoms. The minimum atomic E-state index is -0.197. The van der Waals surface area contributed by atoms with Crippen molar-refractivity contribution in [2.75, 3.05) is 11.9 Å². The Kier molecular flexibility index (Phi) is 4.27. The predicted molar refractivity (Wildman–Crippen MR) is 93.5 cm³/mol. The molecular formula is C17H20N6O3. The maximum absolute atomic E-state index is 11.6. The van der Waals surface area contributed by atoms with E-state index in [1.165, 1.54) is 0 Å². The molecule has 1 saturated heterocycles. The van der Waals surface area contributed by atoms with Crippen LogP contribution in [0.3, 0.4) is 0 Å². The summed E-state index contributed by atoms with van der Waals surface area (Å²) in [5, 5.41) is 12.8. The fourth-order valence-corrected chi connectivity index (χ4v) is 3.10. The number of aryl methyl sites for hydroxylation is 2. The molecule has 0 aromatic carbocycles. The van der Waals surface area contributed by atoms with Gasteiger partial charge in [0, 0.05) is 31.6 Å². The number of carbonyl (C=O) groups excluding carboxylic acids is 1. The van der Waals surface area contributed by atoms with Crippen molar-refractivity contribution in [1.82, 2.24) is 24.9 Å². The Hall–Kier alpha value is -2.97. The van der Waals surface area contributed by atoms with E-state index in [2.05, 4.69) is 25.5 Å². The zero-order valence-corrected chi connectivity index (χ0v) is 14.7. The lowest BCUT2D eigenvalue weighted by Crippen LogP contribution is -2.31. The van der Waals surface area contributed by atoms with Crippen LogP contribution in [0.25, 0.3) is 22.4 Å². The Labute approximate surface area is 149 Å². The van der Waals surface area contributed by atoms with Crippen molar-refractivity contribution in [2.45, 2.75) is 45.7 Å². The second-order valence-corrected chi connectivity index (χ2v) is 6.16.